The first-order chi connectivity index (χ1) is 10.5. The molecule has 1 saturated carbocycles. The first-order valence-corrected chi connectivity index (χ1v) is 7.97. The number of amides is 1. The minimum Gasteiger partial charge on any atom is -0.481 e. The summed E-state index contributed by atoms with van der Waals surface area (Å²) in [5, 5.41) is 2.97. The van der Waals surface area contributed by atoms with Gasteiger partial charge in [0.2, 0.25) is 5.88 Å². The number of aromatic nitrogens is 1. The smallest absolute Gasteiger partial charge is 0.256 e. The van der Waals surface area contributed by atoms with E-state index in [2.05, 4.69) is 17.2 Å². The molecular weight excluding hydrogens is 280 g/mol. The molecule has 0 spiro atoms. The molecule has 1 amide bonds. The fourth-order valence-electron chi connectivity index (χ4n) is 3.27. The molecule has 0 saturated heterocycles. The number of rotatable bonds is 5. The van der Waals surface area contributed by atoms with Gasteiger partial charge in [-0.3, -0.25) is 4.79 Å². The number of anilines is 1. The zero-order valence-corrected chi connectivity index (χ0v) is 13.9. The van der Waals surface area contributed by atoms with Gasteiger partial charge in [-0.2, -0.15) is 0 Å². The number of carbonyl (C=O) groups excluding carboxylic acids is 1. The minimum absolute atomic E-state index is 0.0627. The van der Waals surface area contributed by atoms with Gasteiger partial charge < -0.3 is 14.8 Å². The van der Waals surface area contributed by atoms with Gasteiger partial charge in [0.1, 0.15) is 5.60 Å². The van der Waals surface area contributed by atoms with Crippen LogP contribution in [0.15, 0.2) is 12.3 Å². The van der Waals surface area contributed by atoms with Crippen molar-refractivity contribution in [2.75, 3.05) is 19.0 Å². The lowest BCUT2D eigenvalue weighted by Gasteiger charge is -2.38. The molecule has 5 heteroatoms. The minimum atomic E-state index is -0.708. The molecule has 22 heavy (non-hydrogen) atoms. The fraction of sp³-hybridized carbons (Fsp3) is 0.647. The number of hydrogen-bond acceptors (Lipinski definition) is 4. The lowest BCUT2D eigenvalue weighted by molar-refractivity contribution is -0.147. The van der Waals surface area contributed by atoms with Crippen molar-refractivity contribution >= 4 is 11.6 Å². The number of methoxy groups -OCH3 is 1. The van der Waals surface area contributed by atoms with Crippen LogP contribution in [0.4, 0.5) is 5.69 Å². The van der Waals surface area contributed by atoms with Crippen LogP contribution >= 0.6 is 0 Å². The summed E-state index contributed by atoms with van der Waals surface area (Å²) in [7, 11) is 1.58. The van der Waals surface area contributed by atoms with Crippen molar-refractivity contribution in [1.29, 1.82) is 0 Å². The van der Waals surface area contributed by atoms with Crippen LogP contribution in [-0.2, 0) is 9.53 Å². The Hall–Kier alpha value is -1.62. The summed E-state index contributed by atoms with van der Waals surface area (Å²) < 4.78 is 11.0. The van der Waals surface area contributed by atoms with E-state index in [1.807, 2.05) is 19.9 Å². The maximum absolute atomic E-state index is 12.8. The molecule has 1 aliphatic rings. The summed E-state index contributed by atoms with van der Waals surface area (Å²) in [6.45, 7) is 6.56. The molecule has 5 nitrogen and oxygen atoms in total. The largest absolute Gasteiger partial charge is 0.481 e. The van der Waals surface area contributed by atoms with Crippen LogP contribution in [0.2, 0.25) is 0 Å². The van der Waals surface area contributed by atoms with Crippen molar-refractivity contribution in [3.63, 3.8) is 0 Å². The van der Waals surface area contributed by atoms with E-state index in [1.165, 1.54) is 0 Å². The molecule has 2 rings (SSSR count). The Kier molecular flexibility index (Phi) is 5.40. The van der Waals surface area contributed by atoms with Crippen LogP contribution in [0.5, 0.6) is 5.88 Å². The highest BCUT2D eigenvalue weighted by atomic mass is 16.5. The molecule has 2 atom stereocenters. The van der Waals surface area contributed by atoms with Crippen LogP contribution in [0.3, 0.4) is 0 Å². The van der Waals surface area contributed by atoms with Crippen LogP contribution in [0.1, 0.15) is 45.1 Å². The third-order valence-electron chi connectivity index (χ3n) is 4.27. The second kappa shape index (κ2) is 7.09. The molecule has 0 radical (unpaired) electrons. The molecule has 1 aromatic rings. The fourth-order valence-corrected chi connectivity index (χ4v) is 3.27. The topological polar surface area (TPSA) is 60.5 Å². The zero-order valence-electron chi connectivity index (χ0n) is 13.9. The zero-order chi connectivity index (χ0) is 16.2. The average molecular weight is 306 g/mol. The second-order valence-corrected chi connectivity index (χ2v) is 6.13. The number of hydrogen-bond donors (Lipinski definition) is 1. The van der Waals surface area contributed by atoms with Gasteiger partial charge in [-0.15, -0.1) is 0 Å². The van der Waals surface area contributed by atoms with E-state index in [-0.39, 0.29) is 5.91 Å². The quantitative estimate of drug-likeness (QED) is 0.906. The van der Waals surface area contributed by atoms with E-state index in [0.29, 0.717) is 24.1 Å². The lowest BCUT2D eigenvalue weighted by Crippen LogP contribution is -2.48. The summed E-state index contributed by atoms with van der Waals surface area (Å²) in [5.74, 6) is 1.01. The van der Waals surface area contributed by atoms with Crippen LogP contribution in [-0.4, -0.2) is 30.2 Å². The normalized spacial score (nSPS) is 24.8. The summed E-state index contributed by atoms with van der Waals surface area (Å²) in [6, 6.07) is 1.87. The molecule has 1 aromatic heterocycles. The molecule has 122 valence electrons. The van der Waals surface area contributed by atoms with E-state index >= 15 is 0 Å². The molecule has 0 aliphatic heterocycles. The van der Waals surface area contributed by atoms with Crippen LogP contribution in [0.25, 0.3) is 0 Å². The Morgan fingerprint density at radius 3 is 2.91 bits per heavy atom. The van der Waals surface area contributed by atoms with Crippen LogP contribution < -0.4 is 10.1 Å². The maximum Gasteiger partial charge on any atom is 0.256 e. The molecule has 0 aromatic carbocycles. The molecule has 0 unspecified atom stereocenters. The van der Waals surface area contributed by atoms with Gasteiger partial charge in [-0.05, 0) is 45.1 Å². The van der Waals surface area contributed by atoms with E-state index in [0.717, 1.165) is 31.2 Å². The molecule has 1 aliphatic carbocycles. The Morgan fingerprint density at radius 1 is 1.55 bits per heavy atom. The van der Waals surface area contributed by atoms with Crippen molar-refractivity contribution in [1.82, 2.24) is 4.98 Å². The first kappa shape index (κ1) is 16.7. The molecule has 0 bridgehead atoms. The number of ether oxygens (including phenoxy) is 2. The average Bonchev–Trinajstić information content (AvgIpc) is 2.47. The predicted octanol–water partition coefficient (Wildman–Crippen LogP) is 3.32. The summed E-state index contributed by atoms with van der Waals surface area (Å²) in [5.41, 5.74) is 0.864. The summed E-state index contributed by atoms with van der Waals surface area (Å²) in [6.07, 6.45) is 5.35. The highest BCUT2D eigenvalue weighted by molar-refractivity contribution is 5.97. The lowest BCUT2D eigenvalue weighted by atomic mass is 9.78. The molecule has 1 N–H and O–H groups in total. The van der Waals surface area contributed by atoms with Crippen molar-refractivity contribution in [2.45, 2.75) is 52.1 Å². The van der Waals surface area contributed by atoms with Gasteiger partial charge in [0.05, 0.1) is 19.0 Å². The van der Waals surface area contributed by atoms with E-state index in [9.17, 15) is 4.79 Å². The highest BCUT2D eigenvalue weighted by Crippen LogP contribution is 2.36. The Balaban J connectivity index is 2.16. The monoisotopic (exact) mass is 306 g/mol. The number of nitrogens with zero attached hydrogens (tertiary/aromatic N) is 1. The van der Waals surface area contributed by atoms with Gasteiger partial charge in [0.25, 0.3) is 5.91 Å². The number of pyridine rings is 1. The van der Waals surface area contributed by atoms with Gasteiger partial charge in [-0.1, -0.05) is 13.3 Å². The third-order valence-corrected chi connectivity index (χ3v) is 4.27. The molecular formula is C17H26N2O3. The van der Waals surface area contributed by atoms with E-state index in [4.69, 9.17) is 9.47 Å². The Morgan fingerprint density at radius 2 is 2.32 bits per heavy atom. The third kappa shape index (κ3) is 3.58. The van der Waals surface area contributed by atoms with Gasteiger partial charge in [0, 0.05) is 12.2 Å². The SMILES string of the molecule is CCO[C@]1(C(=O)Nc2cnc(OC)c(C)c2)CCC[C@H](C)C1. The van der Waals surface area contributed by atoms with Crippen molar-refractivity contribution in [2.24, 2.45) is 5.92 Å². The predicted molar refractivity (Wildman–Crippen MR) is 86.1 cm³/mol. The first-order valence-electron chi connectivity index (χ1n) is 7.97. The van der Waals surface area contributed by atoms with Gasteiger partial charge in [-0.25, -0.2) is 4.98 Å². The number of carbonyl (C=O) groups is 1. The van der Waals surface area contributed by atoms with Crippen molar-refractivity contribution in [3.05, 3.63) is 17.8 Å². The van der Waals surface area contributed by atoms with E-state index < -0.39 is 5.60 Å². The summed E-state index contributed by atoms with van der Waals surface area (Å²) >= 11 is 0. The maximum atomic E-state index is 12.8. The van der Waals surface area contributed by atoms with Crippen LogP contribution in [0, 0.1) is 12.8 Å². The second-order valence-electron chi connectivity index (χ2n) is 6.13. The Labute approximate surface area is 132 Å². The molecule has 1 fully saturated rings. The van der Waals surface area contributed by atoms with E-state index in [1.54, 1.807) is 13.3 Å². The number of nitrogens with one attached hydrogen (secondary N) is 1. The van der Waals surface area contributed by atoms with Crippen molar-refractivity contribution in [3.8, 4) is 5.88 Å². The number of aryl methyl sites for hydroxylation is 1. The standard InChI is InChI=1S/C17H26N2O3/c1-5-22-17(8-6-7-12(2)10-17)16(20)19-14-9-13(3)15(21-4)18-11-14/h9,11-12H,5-8,10H2,1-4H3,(H,19,20)/t12-,17+/m0/s1. The molecule has 1 heterocycles. The van der Waals surface area contributed by atoms with Gasteiger partial charge >= 0.3 is 0 Å². The summed E-state index contributed by atoms with van der Waals surface area (Å²) in [4.78, 5) is 17.0. The van der Waals surface area contributed by atoms with Gasteiger partial charge in [0.15, 0.2) is 0 Å². The highest BCUT2D eigenvalue weighted by Gasteiger charge is 2.42. The van der Waals surface area contributed by atoms with Crippen molar-refractivity contribution < 1.29 is 14.3 Å². The Bertz CT molecular complexity index is 529.